The Kier molecular flexibility index (Phi) is 5.44. The van der Waals surface area contributed by atoms with Crippen molar-refractivity contribution in [3.63, 3.8) is 0 Å². The van der Waals surface area contributed by atoms with E-state index in [4.69, 9.17) is 4.74 Å². The van der Waals surface area contributed by atoms with E-state index in [0.717, 1.165) is 31.8 Å². The topological polar surface area (TPSA) is 45.7 Å². The fraction of sp³-hybridized carbons (Fsp3) is 0.650. The van der Waals surface area contributed by atoms with E-state index in [2.05, 4.69) is 59.8 Å². The van der Waals surface area contributed by atoms with Crippen LogP contribution in [0.4, 0.5) is 0 Å². The highest BCUT2D eigenvalue weighted by atomic mass is 16.5. The van der Waals surface area contributed by atoms with Gasteiger partial charge in [0.1, 0.15) is 0 Å². The van der Waals surface area contributed by atoms with Gasteiger partial charge in [-0.1, -0.05) is 44.2 Å². The number of hydrogen-bond acceptors (Lipinski definition) is 2. The number of rotatable bonds is 6. The lowest BCUT2D eigenvalue weighted by Gasteiger charge is -2.34. The number of benzene rings is 1. The van der Waals surface area contributed by atoms with Gasteiger partial charge in [0.2, 0.25) is 0 Å². The van der Waals surface area contributed by atoms with Crippen molar-refractivity contribution < 1.29 is 4.74 Å². The molecule has 4 nitrogen and oxygen atoms in total. The Hall–Kier alpha value is -1.55. The smallest absolute Gasteiger partial charge is 0.191 e. The van der Waals surface area contributed by atoms with Crippen LogP contribution in [0.25, 0.3) is 0 Å². The van der Waals surface area contributed by atoms with Crippen LogP contribution in [0.3, 0.4) is 0 Å². The fourth-order valence-corrected chi connectivity index (χ4v) is 4.21. The third-order valence-electron chi connectivity index (χ3n) is 5.99. The standard InChI is InChI=1S/C20H31N3O/c1-4-20(5-2,15-9-7-6-8-10-15)14-22-19(21-3)23-17-13-16-11-12-18(17)24-16/h6-10,16-18H,4-5,11-14H2,1-3H3,(H2,21,22,23). The molecule has 1 aromatic rings. The summed E-state index contributed by atoms with van der Waals surface area (Å²) in [5, 5.41) is 7.16. The van der Waals surface area contributed by atoms with Gasteiger partial charge in [0.25, 0.3) is 0 Å². The number of nitrogens with one attached hydrogen (secondary N) is 2. The first-order valence-corrected chi connectivity index (χ1v) is 9.39. The first-order chi connectivity index (χ1) is 11.7. The van der Waals surface area contributed by atoms with Crippen LogP contribution < -0.4 is 10.6 Å². The third-order valence-corrected chi connectivity index (χ3v) is 5.99. The first kappa shape index (κ1) is 17.3. The minimum absolute atomic E-state index is 0.143. The van der Waals surface area contributed by atoms with Gasteiger partial charge < -0.3 is 15.4 Å². The number of nitrogens with zero attached hydrogens (tertiary/aromatic N) is 1. The van der Waals surface area contributed by atoms with Crippen molar-refractivity contribution in [2.45, 2.75) is 69.6 Å². The molecule has 0 amide bonds. The Bertz CT molecular complexity index is 553. The average Bonchev–Trinajstić information content (AvgIpc) is 3.26. The molecule has 0 radical (unpaired) electrons. The van der Waals surface area contributed by atoms with Crippen LogP contribution >= 0.6 is 0 Å². The Balaban J connectivity index is 1.63. The summed E-state index contributed by atoms with van der Waals surface area (Å²) in [6.07, 6.45) is 6.54. The molecule has 3 unspecified atom stereocenters. The van der Waals surface area contributed by atoms with Gasteiger partial charge in [-0.25, -0.2) is 0 Å². The quantitative estimate of drug-likeness (QED) is 0.622. The van der Waals surface area contributed by atoms with Crippen molar-refractivity contribution in [3.05, 3.63) is 35.9 Å². The highest BCUT2D eigenvalue weighted by molar-refractivity contribution is 5.80. The van der Waals surface area contributed by atoms with Crippen LogP contribution in [0.1, 0.15) is 51.5 Å². The van der Waals surface area contributed by atoms with E-state index in [9.17, 15) is 0 Å². The van der Waals surface area contributed by atoms with Gasteiger partial charge >= 0.3 is 0 Å². The zero-order valence-electron chi connectivity index (χ0n) is 15.2. The van der Waals surface area contributed by atoms with Crippen LogP contribution in [0.5, 0.6) is 0 Å². The predicted octanol–water partition coefficient (Wildman–Crippen LogP) is 3.23. The highest BCUT2D eigenvalue weighted by Gasteiger charge is 2.41. The number of fused-ring (bicyclic) bond motifs is 2. The summed E-state index contributed by atoms with van der Waals surface area (Å²) >= 11 is 0. The second kappa shape index (κ2) is 7.56. The van der Waals surface area contributed by atoms with Crippen LogP contribution in [0, 0.1) is 0 Å². The van der Waals surface area contributed by atoms with Crippen molar-refractivity contribution in [1.29, 1.82) is 0 Å². The lowest BCUT2D eigenvalue weighted by atomic mass is 9.76. The molecule has 2 aliphatic heterocycles. The Morgan fingerprint density at radius 1 is 1.21 bits per heavy atom. The molecule has 3 rings (SSSR count). The monoisotopic (exact) mass is 329 g/mol. The normalized spacial score (nSPS) is 26.6. The molecule has 2 saturated heterocycles. The third kappa shape index (κ3) is 3.44. The number of guanidine groups is 1. The van der Waals surface area contributed by atoms with Crippen molar-refractivity contribution in [3.8, 4) is 0 Å². The molecule has 2 fully saturated rings. The molecule has 3 atom stereocenters. The van der Waals surface area contributed by atoms with Crippen LogP contribution in [0.2, 0.25) is 0 Å². The average molecular weight is 329 g/mol. The largest absolute Gasteiger partial charge is 0.373 e. The lowest BCUT2D eigenvalue weighted by Crippen LogP contribution is -2.50. The summed E-state index contributed by atoms with van der Waals surface area (Å²) in [6, 6.07) is 11.3. The Morgan fingerprint density at radius 2 is 1.96 bits per heavy atom. The van der Waals surface area contributed by atoms with Crippen LogP contribution in [0.15, 0.2) is 35.3 Å². The van der Waals surface area contributed by atoms with E-state index in [1.165, 1.54) is 18.4 Å². The molecule has 4 heteroatoms. The first-order valence-electron chi connectivity index (χ1n) is 9.39. The highest BCUT2D eigenvalue weighted by Crippen LogP contribution is 2.34. The molecule has 2 aliphatic rings. The zero-order valence-corrected chi connectivity index (χ0v) is 15.2. The van der Waals surface area contributed by atoms with Crippen molar-refractivity contribution >= 4 is 5.96 Å². The molecule has 2 N–H and O–H groups in total. The van der Waals surface area contributed by atoms with Gasteiger partial charge in [-0.3, -0.25) is 4.99 Å². The molecule has 0 aromatic heterocycles. The van der Waals surface area contributed by atoms with Gasteiger partial charge in [0.15, 0.2) is 5.96 Å². The number of aliphatic imine (C=N–C) groups is 1. The van der Waals surface area contributed by atoms with Crippen molar-refractivity contribution in [2.24, 2.45) is 4.99 Å². The van der Waals surface area contributed by atoms with E-state index in [-0.39, 0.29) is 5.41 Å². The van der Waals surface area contributed by atoms with Gasteiger partial charge in [0.05, 0.1) is 18.2 Å². The van der Waals surface area contributed by atoms with Gasteiger partial charge in [-0.05, 0) is 37.7 Å². The summed E-state index contributed by atoms with van der Waals surface area (Å²) in [4.78, 5) is 4.44. The molecular weight excluding hydrogens is 298 g/mol. The second-order valence-electron chi connectivity index (χ2n) is 7.14. The number of ether oxygens (including phenoxy) is 1. The van der Waals surface area contributed by atoms with Crippen molar-refractivity contribution in [1.82, 2.24) is 10.6 Å². The zero-order chi connectivity index (χ0) is 17.0. The summed E-state index contributed by atoms with van der Waals surface area (Å²) in [5.74, 6) is 0.901. The summed E-state index contributed by atoms with van der Waals surface area (Å²) in [6.45, 7) is 5.45. The maximum atomic E-state index is 5.94. The van der Waals surface area contributed by atoms with Gasteiger partial charge in [-0.15, -0.1) is 0 Å². The minimum Gasteiger partial charge on any atom is -0.373 e. The molecule has 132 valence electrons. The molecule has 1 aromatic carbocycles. The second-order valence-corrected chi connectivity index (χ2v) is 7.14. The van der Waals surface area contributed by atoms with Crippen LogP contribution in [-0.4, -0.2) is 37.8 Å². The molecule has 0 saturated carbocycles. The molecule has 2 heterocycles. The molecule has 0 aliphatic carbocycles. The summed E-state index contributed by atoms with van der Waals surface area (Å²) in [5.41, 5.74) is 1.55. The van der Waals surface area contributed by atoms with E-state index >= 15 is 0 Å². The molecule has 2 bridgehead atoms. The van der Waals surface area contributed by atoms with E-state index < -0.39 is 0 Å². The van der Waals surface area contributed by atoms with E-state index in [1.54, 1.807) is 0 Å². The van der Waals surface area contributed by atoms with Crippen LogP contribution in [-0.2, 0) is 10.2 Å². The van der Waals surface area contributed by atoms with Crippen molar-refractivity contribution in [2.75, 3.05) is 13.6 Å². The summed E-state index contributed by atoms with van der Waals surface area (Å²) in [7, 11) is 1.85. The molecule has 24 heavy (non-hydrogen) atoms. The maximum Gasteiger partial charge on any atom is 0.191 e. The Labute approximate surface area is 146 Å². The maximum absolute atomic E-state index is 5.94. The van der Waals surface area contributed by atoms with Gasteiger partial charge in [0, 0.05) is 19.0 Å². The predicted molar refractivity (Wildman–Crippen MR) is 99.5 cm³/mol. The fourth-order valence-electron chi connectivity index (χ4n) is 4.21. The molecule has 0 spiro atoms. The lowest BCUT2D eigenvalue weighted by molar-refractivity contribution is 0.0992. The number of hydrogen-bond donors (Lipinski definition) is 2. The van der Waals surface area contributed by atoms with E-state index in [0.29, 0.717) is 18.2 Å². The SMILES string of the molecule is CCC(CC)(CNC(=NC)NC1CC2CCC1O2)c1ccccc1. The summed E-state index contributed by atoms with van der Waals surface area (Å²) < 4.78 is 5.94. The molecular formula is C20H31N3O. The van der Waals surface area contributed by atoms with E-state index in [1.807, 2.05) is 7.05 Å². The van der Waals surface area contributed by atoms with Gasteiger partial charge in [-0.2, -0.15) is 0 Å². The Morgan fingerprint density at radius 3 is 2.50 bits per heavy atom. The minimum atomic E-state index is 0.143.